The van der Waals surface area contributed by atoms with Crippen molar-refractivity contribution in [3.63, 3.8) is 0 Å². The molecule has 220 valence electrons. The Morgan fingerprint density at radius 3 is 1.14 bits per heavy atom. The van der Waals surface area contributed by atoms with E-state index in [2.05, 4.69) is 109 Å². The summed E-state index contributed by atoms with van der Waals surface area (Å²) in [6, 6.07) is 16.6. The van der Waals surface area contributed by atoms with Gasteiger partial charge in [-0.25, -0.2) is 9.13 Å². The van der Waals surface area contributed by atoms with E-state index in [4.69, 9.17) is 19.3 Å². The van der Waals surface area contributed by atoms with Crippen LogP contribution in [0.5, 0.6) is 0 Å². The zero-order valence-electron chi connectivity index (χ0n) is 25.1. The van der Waals surface area contributed by atoms with Gasteiger partial charge in [-0.05, 0) is 76.6 Å². The molecule has 0 saturated heterocycles. The topological polar surface area (TPSA) is 33.5 Å². The van der Waals surface area contributed by atoms with Crippen molar-refractivity contribution in [1.29, 1.82) is 0 Å². The second-order valence-corrected chi connectivity index (χ2v) is 10.9. The summed E-state index contributed by atoms with van der Waals surface area (Å²) in [6.07, 6.45) is 40.9. The molecule has 0 N–H and O–H groups in total. The number of hydrogen-bond donors (Lipinski definition) is 0. The molecule has 5 heteroatoms. The Bertz CT molecular complexity index is 1280. The van der Waals surface area contributed by atoms with E-state index in [1.165, 1.54) is 39.5 Å². The predicted molar refractivity (Wildman–Crippen MR) is 187 cm³/mol. The average molecular weight is 683 g/mol. The first-order valence-corrected chi connectivity index (χ1v) is 16.4. The third-order valence-electron chi connectivity index (χ3n) is 6.49. The Balaban J connectivity index is 0.000000279. The molecule has 0 bridgehead atoms. The largest absolute Gasteiger partial charge is 0.265 e. The second-order valence-electron chi connectivity index (χ2n) is 9.79. The highest BCUT2D eigenvalue weighted by Crippen LogP contribution is 2.16. The maximum Gasteiger partial charge on any atom is 0.169 e. The lowest BCUT2D eigenvalue weighted by Gasteiger charge is -2.01. The van der Waals surface area contributed by atoms with Gasteiger partial charge >= 0.3 is 0 Å². The van der Waals surface area contributed by atoms with E-state index in [1.54, 1.807) is 24.8 Å². The summed E-state index contributed by atoms with van der Waals surface area (Å²) in [5.74, 6) is 7.98. The van der Waals surface area contributed by atoms with Crippen LogP contribution in [-0.2, 0) is 13.1 Å². The molecule has 0 aliphatic heterocycles. The molecular weight excluding hydrogens is 639 g/mol. The summed E-state index contributed by atoms with van der Waals surface area (Å²) in [4.78, 5) is 7.91. The van der Waals surface area contributed by atoms with Gasteiger partial charge in [0.1, 0.15) is 13.1 Å². The smallest absolute Gasteiger partial charge is 0.169 e. The van der Waals surface area contributed by atoms with Crippen LogP contribution in [0, 0.1) is 37.0 Å². The van der Waals surface area contributed by atoms with Crippen molar-refractivity contribution < 1.29 is 9.13 Å². The number of unbranched alkanes of at least 4 members (excludes halogenated alkanes) is 6. The number of halogens is 1. The summed E-state index contributed by atoms with van der Waals surface area (Å²) in [7, 11) is 0. The highest BCUT2D eigenvalue weighted by Gasteiger charge is 2.05. The van der Waals surface area contributed by atoms with Crippen LogP contribution in [0.15, 0.2) is 98.1 Å². The number of rotatable bonds is 13. The van der Waals surface area contributed by atoms with Gasteiger partial charge in [0.2, 0.25) is 0 Å². The molecule has 0 amide bonds. The minimum Gasteiger partial charge on any atom is -0.265 e. The molecule has 0 fully saturated rings. The molecule has 0 radical (unpaired) electrons. The molecule has 0 aromatic carbocycles. The molecule has 0 aliphatic rings. The van der Waals surface area contributed by atoms with Crippen molar-refractivity contribution in [2.75, 3.05) is 4.43 Å². The SMILES string of the molecule is C#CCCCCI.C#CCCCC[n+]1ccc(-c2cc[n+](CCCCC#C)cc2)cc1.c1cc(-c2ccncc2)ccn1. The summed E-state index contributed by atoms with van der Waals surface area (Å²) >= 11 is 2.36. The lowest BCUT2D eigenvalue weighted by molar-refractivity contribution is -0.697. The van der Waals surface area contributed by atoms with E-state index in [-0.39, 0.29) is 0 Å². The second kappa shape index (κ2) is 23.6. The van der Waals surface area contributed by atoms with Gasteiger partial charge in [0.15, 0.2) is 24.8 Å². The van der Waals surface area contributed by atoms with Crippen LogP contribution < -0.4 is 9.13 Å². The summed E-state index contributed by atoms with van der Waals surface area (Å²) in [5.41, 5.74) is 4.84. The van der Waals surface area contributed by atoms with Crippen molar-refractivity contribution >= 4 is 22.6 Å². The maximum atomic E-state index is 5.28. The normalized spacial score (nSPS) is 9.63. The highest BCUT2D eigenvalue weighted by atomic mass is 127. The fourth-order valence-corrected chi connectivity index (χ4v) is 4.59. The van der Waals surface area contributed by atoms with Gasteiger partial charge in [-0.15, -0.1) is 37.0 Å². The van der Waals surface area contributed by atoms with Crippen LogP contribution in [0.1, 0.15) is 57.8 Å². The van der Waals surface area contributed by atoms with Gasteiger partial charge in [-0.3, -0.25) is 9.97 Å². The maximum absolute atomic E-state index is 5.28. The highest BCUT2D eigenvalue weighted by molar-refractivity contribution is 14.1. The molecule has 0 spiro atoms. The molecule has 0 unspecified atom stereocenters. The Morgan fingerprint density at radius 1 is 0.488 bits per heavy atom. The van der Waals surface area contributed by atoms with Crippen molar-refractivity contribution in [2.24, 2.45) is 0 Å². The molecular formula is C38H43IN4+2. The van der Waals surface area contributed by atoms with Crippen molar-refractivity contribution in [1.82, 2.24) is 9.97 Å². The Kier molecular flexibility index (Phi) is 19.3. The lowest BCUT2D eigenvalue weighted by atomic mass is 10.1. The monoisotopic (exact) mass is 682 g/mol. The fourth-order valence-electron chi connectivity index (χ4n) is 4.05. The molecule has 0 atom stereocenters. The van der Waals surface area contributed by atoms with Crippen LogP contribution >= 0.6 is 22.6 Å². The zero-order chi connectivity index (χ0) is 30.8. The Morgan fingerprint density at radius 2 is 0.814 bits per heavy atom. The average Bonchev–Trinajstić information content (AvgIpc) is 3.07. The molecule has 43 heavy (non-hydrogen) atoms. The van der Waals surface area contributed by atoms with E-state index in [9.17, 15) is 0 Å². The van der Waals surface area contributed by atoms with Gasteiger partial charge in [-0.2, -0.15) is 0 Å². The van der Waals surface area contributed by atoms with Gasteiger partial charge in [0.05, 0.1) is 0 Å². The van der Waals surface area contributed by atoms with E-state index in [1.807, 2.05) is 24.3 Å². The molecule has 4 rings (SSSR count). The lowest BCUT2D eigenvalue weighted by Crippen LogP contribution is -2.33. The van der Waals surface area contributed by atoms with Crippen LogP contribution in [0.2, 0.25) is 0 Å². The number of hydrogen-bond acceptors (Lipinski definition) is 2. The molecule has 0 aliphatic carbocycles. The van der Waals surface area contributed by atoms with E-state index in [0.29, 0.717) is 0 Å². The number of terminal acetylenes is 3. The van der Waals surface area contributed by atoms with Crippen molar-refractivity contribution in [3.05, 3.63) is 98.1 Å². The summed E-state index contributed by atoms with van der Waals surface area (Å²) in [6.45, 7) is 2.04. The quantitative estimate of drug-likeness (QED) is 0.0473. The number of aryl methyl sites for hydroxylation is 2. The zero-order valence-corrected chi connectivity index (χ0v) is 27.3. The number of alkyl halides is 1. The first kappa shape index (κ1) is 35.2. The van der Waals surface area contributed by atoms with Crippen LogP contribution in [-0.4, -0.2) is 14.4 Å². The predicted octanol–water partition coefficient (Wildman–Crippen LogP) is 7.90. The third-order valence-corrected chi connectivity index (χ3v) is 7.25. The van der Waals surface area contributed by atoms with Crippen molar-refractivity contribution in [2.45, 2.75) is 70.9 Å². The summed E-state index contributed by atoms with van der Waals surface area (Å²) < 4.78 is 5.67. The molecule has 4 heterocycles. The standard InChI is InChI=1S/C22H26N2.C10H8N2.C6H9I/c1-3-5-7-9-15-23-17-11-21(12-18-23)22-13-19-24(20-14-22)16-10-8-6-4-2;1-5-11-6-2-9(1)10-3-7-12-8-4-10;1-2-3-4-5-6-7/h1-2,11-14,17-20H,5-10,15-16H2;1-8H;1H,3-6H2/q+2;;. The van der Waals surface area contributed by atoms with Crippen molar-refractivity contribution in [3.8, 4) is 59.3 Å². The Hall–Kier alpha value is -3.99. The van der Waals surface area contributed by atoms with E-state index < -0.39 is 0 Å². The first-order valence-electron chi connectivity index (χ1n) is 14.9. The number of aromatic nitrogens is 4. The van der Waals surface area contributed by atoms with Crippen LogP contribution in [0.3, 0.4) is 0 Å². The van der Waals surface area contributed by atoms with Crippen LogP contribution in [0.4, 0.5) is 0 Å². The Labute approximate surface area is 273 Å². The number of pyridine rings is 4. The summed E-state index contributed by atoms with van der Waals surface area (Å²) in [5, 5.41) is 0. The fraction of sp³-hybridized carbons (Fsp3) is 0.316. The first-order chi connectivity index (χ1) is 21.2. The molecule has 0 saturated carbocycles. The van der Waals surface area contributed by atoms with Gasteiger partial charge in [-0.1, -0.05) is 22.6 Å². The third kappa shape index (κ3) is 15.7. The van der Waals surface area contributed by atoms with E-state index in [0.717, 1.165) is 58.0 Å². The minimum atomic E-state index is 0.866. The minimum absolute atomic E-state index is 0.866. The number of nitrogens with zero attached hydrogens (tertiary/aromatic N) is 4. The van der Waals surface area contributed by atoms with Gasteiger partial charge in [0.25, 0.3) is 0 Å². The van der Waals surface area contributed by atoms with Gasteiger partial charge < -0.3 is 0 Å². The van der Waals surface area contributed by atoms with Crippen LogP contribution in [0.25, 0.3) is 22.3 Å². The molecule has 4 aromatic rings. The molecule has 4 aromatic heterocycles. The van der Waals surface area contributed by atoms with Gasteiger partial charge in [0, 0.05) is 81.2 Å². The molecule has 4 nitrogen and oxygen atoms in total. The van der Waals surface area contributed by atoms with E-state index >= 15 is 0 Å².